The number of anilines is 1. The van der Waals surface area contributed by atoms with Crippen LogP contribution in [-0.2, 0) is 16.1 Å². The van der Waals surface area contributed by atoms with Crippen LogP contribution in [0.15, 0.2) is 40.9 Å². The van der Waals surface area contributed by atoms with Crippen LogP contribution < -0.4 is 4.90 Å². The van der Waals surface area contributed by atoms with Gasteiger partial charge in [-0.1, -0.05) is 34.4 Å². The van der Waals surface area contributed by atoms with Gasteiger partial charge in [0, 0.05) is 47.7 Å². The molecule has 1 N–H and O–H groups in total. The minimum Gasteiger partial charge on any atom is -0.481 e. The molecule has 1 saturated heterocycles. The Balaban J connectivity index is 1.13. The molecule has 0 radical (unpaired) electrons. The molecule has 1 aromatic heterocycles. The summed E-state index contributed by atoms with van der Waals surface area (Å²) in [5.74, 6) is -0.734. The highest BCUT2D eigenvalue weighted by atomic mass is 35.5. The first kappa shape index (κ1) is 26.3. The van der Waals surface area contributed by atoms with Gasteiger partial charge in [0.2, 0.25) is 0 Å². The number of hydrogen-bond acceptors (Lipinski definition) is 6. The van der Waals surface area contributed by atoms with Crippen molar-refractivity contribution in [1.29, 1.82) is 0 Å². The van der Waals surface area contributed by atoms with Gasteiger partial charge < -0.3 is 19.3 Å². The molecule has 2 heterocycles. The second-order valence-electron chi connectivity index (χ2n) is 10.6. The summed E-state index contributed by atoms with van der Waals surface area (Å²) in [7, 11) is 0. The van der Waals surface area contributed by atoms with Gasteiger partial charge in [-0.3, -0.25) is 9.59 Å². The van der Waals surface area contributed by atoms with Crippen molar-refractivity contribution in [3.8, 4) is 11.3 Å². The van der Waals surface area contributed by atoms with E-state index in [9.17, 15) is 14.0 Å². The molecular weight excluding hydrogens is 546 g/mol. The van der Waals surface area contributed by atoms with Gasteiger partial charge in [0.05, 0.1) is 34.7 Å². The Hall–Kier alpha value is -2.94. The first-order chi connectivity index (χ1) is 18.8. The highest BCUT2D eigenvalue weighted by Crippen LogP contribution is 2.47. The zero-order valence-corrected chi connectivity index (χ0v) is 22.6. The molecular formula is C29H27Cl2FN2O5. The SMILES string of the molecule is O=C(O)CCC(=O)c1ccc(N2C[C@@H]3C[C@H]2C[C@H]3OCc2c(-c3c(Cl)cccc3Cl)noc2C2CC2)cc1F. The van der Waals surface area contributed by atoms with E-state index in [0.29, 0.717) is 33.8 Å². The van der Waals surface area contributed by atoms with Crippen LogP contribution in [0, 0.1) is 11.7 Å². The molecule has 2 aliphatic carbocycles. The van der Waals surface area contributed by atoms with Crippen LogP contribution in [-0.4, -0.2) is 40.7 Å². The molecule has 2 aromatic carbocycles. The second-order valence-corrected chi connectivity index (χ2v) is 11.4. The molecule has 204 valence electrons. The summed E-state index contributed by atoms with van der Waals surface area (Å²) in [6.07, 6.45) is 3.36. The van der Waals surface area contributed by atoms with E-state index in [0.717, 1.165) is 49.2 Å². The molecule has 2 bridgehead atoms. The van der Waals surface area contributed by atoms with Gasteiger partial charge in [0.15, 0.2) is 5.78 Å². The number of rotatable bonds is 10. The molecule has 3 aliphatic rings. The lowest BCUT2D eigenvalue weighted by Gasteiger charge is -2.33. The first-order valence-electron chi connectivity index (χ1n) is 13.2. The fraction of sp³-hybridized carbons (Fsp3) is 0.414. The zero-order chi connectivity index (χ0) is 27.3. The molecule has 0 unspecified atom stereocenters. The average Bonchev–Trinajstić information content (AvgIpc) is 3.35. The molecule has 2 saturated carbocycles. The normalized spacial score (nSPS) is 22.0. The summed E-state index contributed by atoms with van der Waals surface area (Å²) in [5.41, 5.74) is 2.84. The number of ketones is 1. The van der Waals surface area contributed by atoms with Crippen molar-refractivity contribution in [3.63, 3.8) is 0 Å². The maximum atomic E-state index is 14.8. The predicted molar refractivity (Wildman–Crippen MR) is 144 cm³/mol. The quantitative estimate of drug-likeness (QED) is 0.264. The second kappa shape index (κ2) is 10.6. The van der Waals surface area contributed by atoms with E-state index >= 15 is 0 Å². The van der Waals surface area contributed by atoms with Crippen molar-refractivity contribution in [1.82, 2.24) is 5.16 Å². The number of fused-ring (bicyclic) bond motifs is 2. The third-order valence-corrected chi connectivity index (χ3v) is 8.67. The molecule has 0 amide bonds. The van der Waals surface area contributed by atoms with Gasteiger partial charge in [-0.05, 0) is 56.0 Å². The van der Waals surface area contributed by atoms with Crippen LogP contribution in [0.1, 0.15) is 66.1 Å². The van der Waals surface area contributed by atoms with E-state index in [1.807, 2.05) is 0 Å². The Morgan fingerprint density at radius 3 is 2.54 bits per heavy atom. The van der Waals surface area contributed by atoms with E-state index in [-0.39, 0.29) is 36.5 Å². The summed E-state index contributed by atoms with van der Waals surface area (Å²) >= 11 is 13.0. The number of carboxylic acid groups (broad SMARTS) is 1. The molecule has 3 atom stereocenters. The van der Waals surface area contributed by atoms with Gasteiger partial charge in [0.25, 0.3) is 0 Å². The number of piperidine rings is 1. The Labute approximate surface area is 234 Å². The van der Waals surface area contributed by atoms with Crippen LogP contribution >= 0.6 is 23.2 Å². The number of Topliss-reactive ketones (excluding diaryl/α,β-unsaturated/α-hetero) is 1. The van der Waals surface area contributed by atoms with Gasteiger partial charge >= 0.3 is 5.97 Å². The van der Waals surface area contributed by atoms with Crippen LogP contribution in [0.25, 0.3) is 11.3 Å². The monoisotopic (exact) mass is 572 g/mol. The molecule has 1 aliphatic heterocycles. The zero-order valence-electron chi connectivity index (χ0n) is 21.0. The number of aliphatic carboxylic acids is 1. The number of carbonyl (C=O) groups excluding carboxylic acids is 1. The number of hydrogen-bond donors (Lipinski definition) is 1. The lowest BCUT2D eigenvalue weighted by molar-refractivity contribution is -0.136. The van der Waals surface area contributed by atoms with Crippen LogP contribution in [0.3, 0.4) is 0 Å². The third-order valence-electron chi connectivity index (χ3n) is 8.04. The molecule has 0 spiro atoms. The fourth-order valence-electron chi connectivity index (χ4n) is 5.93. The van der Waals surface area contributed by atoms with Crippen molar-refractivity contribution in [2.45, 2.75) is 63.2 Å². The Bertz CT molecular complexity index is 1420. The number of nitrogens with zero attached hydrogens (tertiary/aromatic N) is 2. The van der Waals surface area contributed by atoms with Crippen molar-refractivity contribution < 1.29 is 28.3 Å². The van der Waals surface area contributed by atoms with Gasteiger partial charge in [-0.25, -0.2) is 4.39 Å². The van der Waals surface area contributed by atoms with Gasteiger partial charge in [-0.2, -0.15) is 0 Å². The maximum absolute atomic E-state index is 14.8. The summed E-state index contributed by atoms with van der Waals surface area (Å²) < 4.78 is 27.0. The Kier molecular flexibility index (Phi) is 7.12. The highest BCUT2D eigenvalue weighted by molar-refractivity contribution is 6.39. The van der Waals surface area contributed by atoms with Crippen molar-refractivity contribution in [2.75, 3.05) is 11.4 Å². The molecule has 6 rings (SSSR count). The van der Waals surface area contributed by atoms with E-state index in [1.54, 1.807) is 24.3 Å². The van der Waals surface area contributed by atoms with Crippen molar-refractivity contribution in [2.24, 2.45) is 5.92 Å². The highest BCUT2D eigenvalue weighted by Gasteiger charge is 2.46. The van der Waals surface area contributed by atoms with Gasteiger partial charge in [0.1, 0.15) is 17.3 Å². The van der Waals surface area contributed by atoms with E-state index < -0.39 is 17.6 Å². The molecule has 3 fully saturated rings. The number of carbonyl (C=O) groups is 2. The average molecular weight is 573 g/mol. The largest absolute Gasteiger partial charge is 0.481 e. The Morgan fingerprint density at radius 2 is 1.90 bits per heavy atom. The number of benzene rings is 2. The summed E-state index contributed by atoms with van der Waals surface area (Å²) in [5, 5.41) is 14.2. The van der Waals surface area contributed by atoms with Gasteiger partial charge in [-0.15, -0.1) is 0 Å². The fourth-order valence-corrected chi connectivity index (χ4v) is 6.51. The third kappa shape index (κ3) is 5.17. The summed E-state index contributed by atoms with van der Waals surface area (Å²) in [6, 6.07) is 10.1. The number of ether oxygens (including phenoxy) is 1. The summed E-state index contributed by atoms with van der Waals surface area (Å²) in [4.78, 5) is 25.1. The van der Waals surface area contributed by atoms with Crippen LogP contribution in [0.5, 0.6) is 0 Å². The Morgan fingerprint density at radius 1 is 1.13 bits per heavy atom. The maximum Gasteiger partial charge on any atom is 0.303 e. The van der Waals surface area contributed by atoms with Crippen LogP contribution in [0.4, 0.5) is 10.1 Å². The van der Waals surface area contributed by atoms with E-state index in [2.05, 4.69) is 10.1 Å². The predicted octanol–water partition coefficient (Wildman–Crippen LogP) is 6.90. The number of halogens is 3. The minimum absolute atomic E-state index is 0.0458. The van der Waals surface area contributed by atoms with Crippen molar-refractivity contribution in [3.05, 3.63) is 69.1 Å². The minimum atomic E-state index is -1.08. The van der Waals surface area contributed by atoms with E-state index in [1.165, 1.54) is 12.1 Å². The molecule has 10 heteroatoms. The number of aromatic nitrogens is 1. The molecule has 39 heavy (non-hydrogen) atoms. The standard InChI is InChI=1S/C29H27Cl2FN2O5/c30-21-2-1-3-22(31)27(21)28-20(29(39-33-28)15-4-5-15)14-38-25-12-18-10-16(25)13-34(18)17-6-7-19(23(32)11-17)24(35)8-9-26(36)37/h1-3,6-7,11,15-16,18,25H,4-5,8-10,12-14H2,(H,36,37)/t16-,18-,25+/m0/s1. The van der Waals surface area contributed by atoms with Crippen LogP contribution in [0.2, 0.25) is 10.0 Å². The lowest BCUT2D eigenvalue weighted by Crippen LogP contribution is -2.38. The smallest absolute Gasteiger partial charge is 0.303 e. The van der Waals surface area contributed by atoms with E-state index in [4.69, 9.17) is 37.6 Å². The number of carboxylic acids is 1. The first-order valence-corrected chi connectivity index (χ1v) is 13.9. The molecule has 3 aromatic rings. The molecule has 7 nitrogen and oxygen atoms in total. The van der Waals surface area contributed by atoms with Crippen molar-refractivity contribution >= 4 is 40.6 Å². The summed E-state index contributed by atoms with van der Waals surface area (Å²) in [6.45, 7) is 1.07. The lowest BCUT2D eigenvalue weighted by atomic mass is 10.0. The topological polar surface area (TPSA) is 92.9 Å².